The first-order valence-corrected chi connectivity index (χ1v) is 12.0. The van der Waals surface area contributed by atoms with E-state index in [1.165, 1.54) is 16.7 Å². The molecule has 3 aromatic carbocycles. The molecule has 0 aliphatic carbocycles. The second-order valence-corrected chi connectivity index (χ2v) is 9.15. The van der Waals surface area contributed by atoms with E-state index in [0.717, 1.165) is 19.6 Å². The highest BCUT2D eigenvalue weighted by atomic mass is 35.5. The summed E-state index contributed by atoms with van der Waals surface area (Å²) >= 11 is 5.88. The Labute approximate surface area is 205 Å². The summed E-state index contributed by atoms with van der Waals surface area (Å²) in [5, 5.41) is 0.0475. The van der Waals surface area contributed by atoms with Crippen molar-refractivity contribution >= 4 is 17.4 Å². The Balaban J connectivity index is 1.61. The van der Waals surface area contributed by atoms with Crippen LogP contribution in [-0.4, -0.2) is 35.6 Å². The van der Waals surface area contributed by atoms with E-state index in [9.17, 15) is 4.39 Å². The number of anilines is 1. The van der Waals surface area contributed by atoms with Crippen molar-refractivity contribution in [2.75, 3.05) is 24.5 Å². The van der Waals surface area contributed by atoms with Crippen LogP contribution in [0.4, 0.5) is 10.2 Å². The average Bonchev–Trinajstić information content (AvgIpc) is 2.88. The summed E-state index contributed by atoms with van der Waals surface area (Å²) in [5.74, 6) is -0.000201. The summed E-state index contributed by atoms with van der Waals surface area (Å²) < 4.78 is 14.1. The highest BCUT2D eigenvalue weighted by molar-refractivity contribution is 6.30. The van der Waals surface area contributed by atoms with Gasteiger partial charge in [-0.05, 0) is 35.7 Å². The molecule has 1 atom stereocenters. The topological polar surface area (TPSA) is 19.4 Å². The van der Waals surface area contributed by atoms with Crippen molar-refractivity contribution in [3.8, 4) is 0 Å². The number of aromatic nitrogens is 1. The largest absolute Gasteiger partial charge is 0.351 e. The Morgan fingerprint density at radius 3 is 1.71 bits per heavy atom. The van der Waals surface area contributed by atoms with Crippen molar-refractivity contribution in [3.63, 3.8) is 0 Å². The summed E-state index contributed by atoms with van der Waals surface area (Å²) in [6.07, 6.45) is 0. The highest BCUT2D eigenvalue weighted by Crippen LogP contribution is 2.43. The molecule has 1 aliphatic heterocycles. The molecular formula is C29H27ClFN3. The molecular weight excluding hydrogens is 445 g/mol. The van der Waals surface area contributed by atoms with Gasteiger partial charge in [0.1, 0.15) is 5.82 Å². The summed E-state index contributed by atoms with van der Waals surface area (Å²) in [5.41, 5.74) is 3.22. The Bertz CT molecular complexity index is 1140. The number of hydrogen-bond donors (Lipinski definition) is 0. The maximum atomic E-state index is 14.1. The second kappa shape index (κ2) is 9.57. The maximum absolute atomic E-state index is 14.1. The lowest BCUT2D eigenvalue weighted by molar-refractivity contribution is 0.128. The molecule has 5 rings (SSSR count). The minimum absolute atomic E-state index is 0.0475. The molecule has 3 nitrogen and oxygen atoms in total. The fourth-order valence-corrected chi connectivity index (χ4v) is 5.36. The average molecular weight is 472 g/mol. The van der Waals surface area contributed by atoms with E-state index in [1.807, 2.05) is 0 Å². The Kier molecular flexibility index (Phi) is 6.36. The highest BCUT2D eigenvalue weighted by Gasteiger charge is 2.44. The molecule has 0 spiro atoms. The summed E-state index contributed by atoms with van der Waals surface area (Å²) in [6, 6.07) is 35.6. The van der Waals surface area contributed by atoms with Crippen LogP contribution in [0, 0.1) is 5.95 Å². The SMILES string of the molecule is C[C@H]1CN(C(c2ccccc2)(c2ccccc2)c2ccccc2)CCN1c1ccc(Cl)c(F)n1. The van der Waals surface area contributed by atoms with Gasteiger partial charge in [-0.2, -0.15) is 4.39 Å². The predicted molar refractivity (Wildman–Crippen MR) is 137 cm³/mol. The number of pyridine rings is 1. The summed E-state index contributed by atoms with van der Waals surface area (Å²) in [6.45, 7) is 4.47. The summed E-state index contributed by atoms with van der Waals surface area (Å²) in [4.78, 5) is 8.84. The fraction of sp³-hybridized carbons (Fsp3) is 0.207. The second-order valence-electron chi connectivity index (χ2n) is 8.74. The van der Waals surface area contributed by atoms with Crippen LogP contribution in [0.15, 0.2) is 103 Å². The van der Waals surface area contributed by atoms with Crippen molar-refractivity contribution in [2.45, 2.75) is 18.5 Å². The first-order chi connectivity index (χ1) is 16.6. The van der Waals surface area contributed by atoms with Crippen LogP contribution in [0.2, 0.25) is 5.02 Å². The van der Waals surface area contributed by atoms with Crippen molar-refractivity contribution in [1.82, 2.24) is 9.88 Å². The molecule has 0 amide bonds. The van der Waals surface area contributed by atoms with E-state index >= 15 is 0 Å². The fourth-order valence-electron chi connectivity index (χ4n) is 5.26. The number of benzene rings is 3. The summed E-state index contributed by atoms with van der Waals surface area (Å²) in [7, 11) is 0. The Hall–Kier alpha value is -3.21. The van der Waals surface area contributed by atoms with Gasteiger partial charge in [0.25, 0.3) is 0 Å². The minimum Gasteiger partial charge on any atom is -0.351 e. The molecule has 0 bridgehead atoms. The molecule has 5 heteroatoms. The van der Waals surface area contributed by atoms with Gasteiger partial charge >= 0.3 is 0 Å². The molecule has 4 aromatic rings. The zero-order valence-corrected chi connectivity index (χ0v) is 19.9. The van der Waals surface area contributed by atoms with Gasteiger partial charge in [-0.1, -0.05) is 103 Å². The van der Waals surface area contributed by atoms with Crippen LogP contribution in [0.5, 0.6) is 0 Å². The van der Waals surface area contributed by atoms with E-state index in [1.54, 1.807) is 12.1 Å². The zero-order chi connectivity index (χ0) is 23.5. The van der Waals surface area contributed by atoms with Gasteiger partial charge in [0.05, 0.1) is 10.6 Å². The number of piperazine rings is 1. The lowest BCUT2D eigenvalue weighted by atomic mass is 9.75. The van der Waals surface area contributed by atoms with Crippen molar-refractivity contribution < 1.29 is 4.39 Å². The van der Waals surface area contributed by atoms with Gasteiger partial charge in [0, 0.05) is 25.7 Å². The van der Waals surface area contributed by atoms with Crippen LogP contribution in [0.3, 0.4) is 0 Å². The first kappa shape index (κ1) is 22.6. The molecule has 0 radical (unpaired) electrons. The molecule has 2 heterocycles. The van der Waals surface area contributed by atoms with Gasteiger partial charge in [-0.15, -0.1) is 0 Å². The van der Waals surface area contributed by atoms with Crippen LogP contribution >= 0.6 is 11.6 Å². The lowest BCUT2D eigenvalue weighted by Gasteiger charge is -2.51. The monoisotopic (exact) mass is 471 g/mol. The number of rotatable bonds is 5. The molecule has 0 N–H and O–H groups in total. The van der Waals surface area contributed by atoms with Gasteiger partial charge in [0.15, 0.2) is 0 Å². The zero-order valence-electron chi connectivity index (χ0n) is 19.1. The van der Waals surface area contributed by atoms with Crippen molar-refractivity contribution in [3.05, 3.63) is 131 Å². The Morgan fingerprint density at radius 1 is 0.765 bits per heavy atom. The van der Waals surface area contributed by atoms with Crippen LogP contribution < -0.4 is 4.90 Å². The number of nitrogens with zero attached hydrogens (tertiary/aromatic N) is 3. The van der Waals surface area contributed by atoms with E-state index in [0.29, 0.717) is 5.82 Å². The quantitative estimate of drug-likeness (QED) is 0.249. The third-order valence-corrected chi connectivity index (χ3v) is 7.04. The third-order valence-electron chi connectivity index (χ3n) is 6.76. The van der Waals surface area contributed by atoms with Crippen LogP contribution in [0.25, 0.3) is 0 Å². The van der Waals surface area contributed by atoms with Gasteiger partial charge in [-0.3, -0.25) is 4.90 Å². The molecule has 0 saturated carbocycles. The van der Waals surface area contributed by atoms with E-state index in [4.69, 9.17) is 11.6 Å². The van der Waals surface area contributed by atoms with E-state index < -0.39 is 11.5 Å². The molecule has 1 saturated heterocycles. The normalized spacial score (nSPS) is 17.0. The van der Waals surface area contributed by atoms with Gasteiger partial charge < -0.3 is 4.90 Å². The number of halogens is 2. The molecule has 1 aliphatic rings. The maximum Gasteiger partial charge on any atom is 0.233 e. The van der Waals surface area contributed by atoms with Gasteiger partial charge in [0.2, 0.25) is 5.95 Å². The van der Waals surface area contributed by atoms with Crippen molar-refractivity contribution in [2.24, 2.45) is 0 Å². The predicted octanol–water partition coefficient (Wildman–Crippen LogP) is 6.38. The standard InChI is InChI=1S/C29H27ClFN3/c1-22-21-33(19-20-34(22)27-18-17-26(30)28(31)32-27)29(23-11-5-2-6-12-23,24-13-7-3-8-14-24)25-15-9-4-10-16-25/h2-18,22H,19-21H2,1H3/t22-/m0/s1. The lowest BCUT2D eigenvalue weighted by Crippen LogP contribution is -2.60. The van der Waals surface area contributed by atoms with E-state index in [-0.39, 0.29) is 11.1 Å². The van der Waals surface area contributed by atoms with Crippen LogP contribution in [0.1, 0.15) is 23.6 Å². The number of hydrogen-bond acceptors (Lipinski definition) is 3. The molecule has 0 unspecified atom stereocenters. The smallest absolute Gasteiger partial charge is 0.233 e. The molecule has 172 valence electrons. The molecule has 34 heavy (non-hydrogen) atoms. The first-order valence-electron chi connectivity index (χ1n) is 11.6. The van der Waals surface area contributed by atoms with E-state index in [2.05, 4.69) is 113 Å². The third kappa shape index (κ3) is 3.97. The molecule has 1 fully saturated rings. The van der Waals surface area contributed by atoms with Crippen LogP contribution in [-0.2, 0) is 5.54 Å². The van der Waals surface area contributed by atoms with Gasteiger partial charge in [-0.25, -0.2) is 4.98 Å². The molecule has 1 aromatic heterocycles. The minimum atomic E-state index is -0.624. The van der Waals surface area contributed by atoms with Crippen molar-refractivity contribution in [1.29, 1.82) is 0 Å². The Morgan fingerprint density at radius 2 is 1.26 bits per heavy atom.